The van der Waals surface area contributed by atoms with E-state index in [1.54, 1.807) is 0 Å². The van der Waals surface area contributed by atoms with Gasteiger partial charge >= 0.3 is 12.0 Å². The average molecular weight is 377 g/mol. The highest BCUT2D eigenvalue weighted by atomic mass is 32.2. The molecule has 0 aromatic heterocycles. The van der Waals surface area contributed by atoms with E-state index in [0.717, 1.165) is 37.4 Å². The second kappa shape index (κ2) is 8.80. The Bertz CT molecular complexity index is 628. The molecule has 1 aromatic rings. The lowest BCUT2D eigenvalue weighted by molar-refractivity contribution is -0.147. The van der Waals surface area contributed by atoms with E-state index in [4.69, 9.17) is 4.74 Å². The summed E-state index contributed by atoms with van der Waals surface area (Å²) >= 11 is 1.89. The van der Waals surface area contributed by atoms with Crippen molar-refractivity contribution in [2.24, 2.45) is 5.92 Å². The normalized spacial score (nSPS) is 23.6. The van der Waals surface area contributed by atoms with Crippen LogP contribution >= 0.6 is 11.8 Å². The van der Waals surface area contributed by atoms with Crippen LogP contribution in [0.25, 0.3) is 0 Å². The van der Waals surface area contributed by atoms with Gasteiger partial charge < -0.3 is 14.5 Å². The van der Waals surface area contributed by atoms with Crippen molar-refractivity contribution in [3.8, 4) is 0 Å². The number of amides is 2. The Hall–Kier alpha value is -1.69. The van der Waals surface area contributed by atoms with E-state index < -0.39 is 0 Å². The van der Waals surface area contributed by atoms with Gasteiger partial charge in [-0.2, -0.15) is 11.8 Å². The number of thioether (sulfide) groups is 1. The van der Waals surface area contributed by atoms with Gasteiger partial charge in [0.15, 0.2) is 0 Å². The van der Waals surface area contributed by atoms with Gasteiger partial charge in [-0.1, -0.05) is 31.2 Å². The van der Waals surface area contributed by atoms with Gasteiger partial charge in [-0.25, -0.2) is 4.79 Å². The van der Waals surface area contributed by atoms with Crippen molar-refractivity contribution in [3.05, 3.63) is 35.4 Å². The third-order valence-electron chi connectivity index (χ3n) is 5.40. The van der Waals surface area contributed by atoms with E-state index in [2.05, 4.69) is 31.2 Å². The van der Waals surface area contributed by atoms with Crippen LogP contribution in [-0.2, 0) is 16.0 Å². The minimum atomic E-state index is -0.257. The van der Waals surface area contributed by atoms with Crippen LogP contribution in [0, 0.1) is 5.92 Å². The number of benzene rings is 1. The predicted molar refractivity (Wildman–Crippen MR) is 105 cm³/mol. The number of nitrogens with zero attached hydrogens (tertiary/aromatic N) is 2. The predicted octanol–water partition coefficient (Wildman–Crippen LogP) is 3.00. The van der Waals surface area contributed by atoms with Crippen LogP contribution in [-0.4, -0.2) is 66.6 Å². The van der Waals surface area contributed by atoms with Crippen LogP contribution in [0.2, 0.25) is 0 Å². The molecular formula is C20H28N2O3S. The van der Waals surface area contributed by atoms with Crippen LogP contribution in [0.4, 0.5) is 4.79 Å². The van der Waals surface area contributed by atoms with E-state index in [-0.39, 0.29) is 23.8 Å². The number of likely N-dealkylation sites (tertiary alicyclic amines) is 1. The Labute approximate surface area is 160 Å². The number of hydrogen-bond donors (Lipinski definition) is 0. The van der Waals surface area contributed by atoms with E-state index >= 15 is 0 Å². The van der Waals surface area contributed by atoms with Crippen molar-refractivity contribution >= 4 is 23.8 Å². The lowest BCUT2D eigenvalue weighted by Gasteiger charge is -2.40. The topological polar surface area (TPSA) is 49.9 Å². The standard InChI is InChI=1S/C20H28N2O3S/c1-3-15-4-6-16(7-5-15)17-12-18(19(23)25-2)14-22(13-17)20(24)21-8-10-26-11-9-21/h4-7,17-18H,3,8-14H2,1-2H3. The van der Waals surface area contributed by atoms with Gasteiger partial charge in [0.05, 0.1) is 13.0 Å². The molecule has 2 aliphatic heterocycles. The average Bonchev–Trinajstić information content (AvgIpc) is 2.73. The first-order valence-electron chi connectivity index (χ1n) is 9.40. The van der Waals surface area contributed by atoms with Crippen molar-refractivity contribution < 1.29 is 14.3 Å². The zero-order chi connectivity index (χ0) is 18.5. The van der Waals surface area contributed by atoms with Gasteiger partial charge in [-0.05, 0) is 24.0 Å². The number of carbonyl (C=O) groups excluding carboxylic acids is 2. The third-order valence-corrected chi connectivity index (χ3v) is 6.34. The number of piperidine rings is 1. The van der Waals surface area contributed by atoms with Crippen LogP contribution in [0.1, 0.15) is 30.4 Å². The molecule has 0 N–H and O–H groups in total. The molecule has 2 saturated heterocycles. The summed E-state index contributed by atoms with van der Waals surface area (Å²) in [6, 6.07) is 8.64. The summed E-state index contributed by atoms with van der Waals surface area (Å²) in [4.78, 5) is 29.0. The van der Waals surface area contributed by atoms with Crippen molar-refractivity contribution in [1.29, 1.82) is 0 Å². The first kappa shape index (κ1) is 19.1. The van der Waals surface area contributed by atoms with Gasteiger partial charge in [-0.15, -0.1) is 0 Å². The van der Waals surface area contributed by atoms with Crippen LogP contribution in [0.15, 0.2) is 24.3 Å². The van der Waals surface area contributed by atoms with E-state index in [1.165, 1.54) is 18.2 Å². The summed E-state index contributed by atoms with van der Waals surface area (Å²) in [7, 11) is 1.43. The minimum Gasteiger partial charge on any atom is -0.469 e. The highest BCUT2D eigenvalue weighted by Crippen LogP contribution is 2.32. The lowest BCUT2D eigenvalue weighted by Crippen LogP contribution is -2.52. The SMILES string of the molecule is CCc1ccc(C2CC(C(=O)OC)CN(C(=O)N3CCSCC3)C2)cc1. The zero-order valence-electron chi connectivity index (χ0n) is 15.6. The number of rotatable bonds is 3. The summed E-state index contributed by atoms with van der Waals surface area (Å²) in [6.07, 6.45) is 1.74. The van der Waals surface area contributed by atoms with Crippen molar-refractivity contribution in [2.75, 3.05) is 44.8 Å². The van der Waals surface area contributed by atoms with Gasteiger partial charge in [-0.3, -0.25) is 4.79 Å². The van der Waals surface area contributed by atoms with E-state index in [9.17, 15) is 9.59 Å². The van der Waals surface area contributed by atoms with Gasteiger partial charge in [0.2, 0.25) is 0 Å². The molecule has 1 aromatic carbocycles. The van der Waals surface area contributed by atoms with Gasteiger partial charge in [0.1, 0.15) is 0 Å². The first-order valence-corrected chi connectivity index (χ1v) is 10.6. The largest absolute Gasteiger partial charge is 0.469 e. The molecule has 2 aliphatic rings. The molecule has 2 heterocycles. The number of carbonyl (C=O) groups is 2. The summed E-state index contributed by atoms with van der Waals surface area (Å²) in [5.74, 6) is 1.67. The Balaban J connectivity index is 1.77. The monoisotopic (exact) mass is 376 g/mol. The number of urea groups is 1. The van der Waals surface area contributed by atoms with Crippen LogP contribution in [0.3, 0.4) is 0 Å². The number of hydrogen-bond acceptors (Lipinski definition) is 4. The Morgan fingerprint density at radius 3 is 2.42 bits per heavy atom. The molecular weight excluding hydrogens is 348 g/mol. The molecule has 0 aliphatic carbocycles. The summed E-state index contributed by atoms with van der Waals surface area (Å²) < 4.78 is 4.99. The second-order valence-corrected chi connectivity index (χ2v) is 8.26. The Morgan fingerprint density at radius 2 is 1.81 bits per heavy atom. The molecule has 142 valence electrons. The lowest BCUT2D eigenvalue weighted by atomic mass is 9.84. The molecule has 0 radical (unpaired) electrons. The molecule has 0 bridgehead atoms. The number of ether oxygens (including phenoxy) is 1. The van der Waals surface area contributed by atoms with E-state index in [1.807, 2.05) is 21.6 Å². The molecule has 26 heavy (non-hydrogen) atoms. The van der Waals surface area contributed by atoms with Crippen LogP contribution in [0.5, 0.6) is 0 Å². The molecule has 2 fully saturated rings. The van der Waals surface area contributed by atoms with Crippen molar-refractivity contribution in [1.82, 2.24) is 9.80 Å². The fourth-order valence-corrected chi connectivity index (χ4v) is 4.72. The Kier molecular flexibility index (Phi) is 6.46. The summed E-state index contributed by atoms with van der Waals surface area (Å²) in [5, 5.41) is 0. The molecule has 2 unspecified atom stereocenters. The molecule has 2 atom stereocenters. The number of aryl methyl sites for hydroxylation is 1. The number of esters is 1. The molecule has 0 saturated carbocycles. The first-order chi connectivity index (χ1) is 12.6. The van der Waals surface area contributed by atoms with Crippen molar-refractivity contribution in [3.63, 3.8) is 0 Å². The molecule has 3 rings (SSSR count). The number of methoxy groups -OCH3 is 1. The van der Waals surface area contributed by atoms with Crippen LogP contribution < -0.4 is 0 Å². The fraction of sp³-hybridized carbons (Fsp3) is 0.600. The molecule has 6 heteroatoms. The quantitative estimate of drug-likeness (QED) is 0.761. The zero-order valence-corrected chi connectivity index (χ0v) is 16.5. The maximum absolute atomic E-state index is 13.0. The smallest absolute Gasteiger partial charge is 0.320 e. The third kappa shape index (κ3) is 4.34. The van der Waals surface area contributed by atoms with Gasteiger partial charge in [0.25, 0.3) is 0 Å². The van der Waals surface area contributed by atoms with Gasteiger partial charge in [0, 0.05) is 43.6 Å². The highest BCUT2D eigenvalue weighted by Gasteiger charge is 2.36. The Morgan fingerprint density at radius 1 is 1.12 bits per heavy atom. The maximum atomic E-state index is 13.0. The molecule has 2 amide bonds. The summed E-state index contributed by atoms with van der Waals surface area (Å²) in [6.45, 7) is 4.85. The minimum absolute atomic E-state index is 0.0640. The summed E-state index contributed by atoms with van der Waals surface area (Å²) in [5.41, 5.74) is 2.50. The van der Waals surface area contributed by atoms with E-state index in [0.29, 0.717) is 13.1 Å². The van der Waals surface area contributed by atoms with Crippen molar-refractivity contribution in [2.45, 2.75) is 25.7 Å². The second-order valence-electron chi connectivity index (χ2n) is 7.03. The fourth-order valence-electron chi connectivity index (χ4n) is 3.81. The molecule has 5 nitrogen and oxygen atoms in total. The maximum Gasteiger partial charge on any atom is 0.320 e. The highest BCUT2D eigenvalue weighted by molar-refractivity contribution is 7.99. The molecule has 0 spiro atoms.